The summed E-state index contributed by atoms with van der Waals surface area (Å²) in [6, 6.07) is 33.0. The van der Waals surface area contributed by atoms with Crippen molar-refractivity contribution in [2.45, 2.75) is 0 Å². The Bertz CT molecular complexity index is 2440. The molecule has 0 spiro atoms. The van der Waals surface area contributed by atoms with Crippen LogP contribution in [-0.2, 0) is 0 Å². The van der Waals surface area contributed by atoms with Crippen LogP contribution < -0.4 is 0 Å². The fourth-order valence-corrected chi connectivity index (χ4v) is 10.5. The Morgan fingerprint density at radius 1 is 0.316 bits per heavy atom. The quantitative estimate of drug-likeness (QED) is 0.164. The fourth-order valence-electron chi connectivity index (χ4n) is 6.17. The maximum atomic E-state index is 2.43. The van der Waals surface area contributed by atoms with Crippen LogP contribution >= 0.6 is 45.3 Å². The number of rotatable bonds is 0. The van der Waals surface area contributed by atoms with E-state index >= 15 is 0 Å². The molecule has 0 fully saturated rings. The van der Waals surface area contributed by atoms with E-state index in [9.17, 15) is 0 Å². The minimum atomic E-state index is 1.32. The van der Waals surface area contributed by atoms with Gasteiger partial charge >= 0.3 is 0 Å². The Balaban J connectivity index is 1.24. The van der Waals surface area contributed by atoms with Gasteiger partial charge in [0.15, 0.2) is 0 Å². The maximum absolute atomic E-state index is 2.43. The van der Waals surface area contributed by atoms with Crippen LogP contribution in [0.4, 0.5) is 0 Å². The zero-order chi connectivity index (χ0) is 24.5. The van der Waals surface area contributed by atoms with Gasteiger partial charge in [-0.25, -0.2) is 0 Å². The molecule has 0 aliphatic heterocycles. The van der Waals surface area contributed by atoms with Gasteiger partial charge in [0.25, 0.3) is 0 Å². The predicted molar refractivity (Wildman–Crippen MR) is 176 cm³/mol. The first-order valence-electron chi connectivity index (χ1n) is 12.6. The second-order valence-electron chi connectivity index (χ2n) is 10.3. The summed E-state index contributed by atoms with van der Waals surface area (Å²) >= 11 is 7.55. The average molecular weight is 553 g/mol. The lowest BCUT2D eigenvalue weighted by atomic mass is 10.0. The SMILES string of the molecule is c1cc2cc3cc4cc5sc6c7cc8cc9cc%10sccc%10cc9cc8cc7sc6c5cc4cc3cc2s1. The summed E-state index contributed by atoms with van der Waals surface area (Å²) < 4.78 is 8.35. The van der Waals surface area contributed by atoms with E-state index in [-0.39, 0.29) is 0 Å². The molecule has 4 heteroatoms. The van der Waals surface area contributed by atoms with Gasteiger partial charge < -0.3 is 0 Å². The molecule has 6 aromatic carbocycles. The van der Waals surface area contributed by atoms with Crippen molar-refractivity contribution >= 4 is 138 Å². The summed E-state index contributed by atoms with van der Waals surface area (Å²) in [4.78, 5) is 0. The minimum absolute atomic E-state index is 1.32. The lowest BCUT2D eigenvalue weighted by Gasteiger charge is -2.04. The second kappa shape index (κ2) is 7.10. The summed E-state index contributed by atoms with van der Waals surface area (Å²) in [6.07, 6.45) is 0. The summed E-state index contributed by atoms with van der Waals surface area (Å²) in [5.74, 6) is 0. The highest BCUT2D eigenvalue weighted by Crippen LogP contribution is 2.47. The van der Waals surface area contributed by atoms with Crippen LogP contribution in [-0.4, -0.2) is 0 Å². The molecule has 4 heterocycles. The Hall–Kier alpha value is -3.54. The van der Waals surface area contributed by atoms with E-state index in [1.54, 1.807) is 0 Å². The number of hydrogen-bond acceptors (Lipinski definition) is 4. The molecule has 0 aliphatic carbocycles. The monoisotopic (exact) mass is 552 g/mol. The summed E-state index contributed by atoms with van der Waals surface area (Å²) in [6.45, 7) is 0. The molecule has 4 aromatic heterocycles. The second-order valence-corrected chi connectivity index (χ2v) is 14.3. The highest BCUT2D eigenvalue weighted by Gasteiger charge is 2.15. The van der Waals surface area contributed by atoms with Crippen LogP contribution in [0, 0.1) is 0 Å². The van der Waals surface area contributed by atoms with Crippen LogP contribution in [0.3, 0.4) is 0 Å². The fraction of sp³-hybridized carbons (Fsp3) is 0. The average Bonchev–Trinajstić information content (AvgIpc) is 3.70. The van der Waals surface area contributed by atoms with Crippen molar-refractivity contribution < 1.29 is 0 Å². The van der Waals surface area contributed by atoms with Crippen molar-refractivity contribution in [3.63, 3.8) is 0 Å². The Kier molecular flexibility index (Phi) is 3.82. The first-order chi connectivity index (χ1) is 18.7. The van der Waals surface area contributed by atoms with Crippen LogP contribution in [0.2, 0.25) is 0 Å². The van der Waals surface area contributed by atoms with Gasteiger partial charge in [-0.15, -0.1) is 45.3 Å². The molecule has 0 saturated carbocycles. The third-order valence-corrected chi connectivity index (χ3v) is 12.3. The van der Waals surface area contributed by atoms with Crippen molar-refractivity contribution in [3.8, 4) is 0 Å². The molecule has 0 aliphatic rings. The van der Waals surface area contributed by atoms with E-state index in [4.69, 9.17) is 0 Å². The van der Waals surface area contributed by atoms with E-state index in [2.05, 4.69) is 95.7 Å². The first kappa shape index (κ1) is 20.4. The lowest BCUT2D eigenvalue weighted by Crippen LogP contribution is -1.77. The van der Waals surface area contributed by atoms with Crippen LogP contribution in [0.15, 0.2) is 95.7 Å². The third-order valence-electron chi connectivity index (χ3n) is 8.05. The Morgan fingerprint density at radius 2 is 0.658 bits per heavy atom. The zero-order valence-corrected chi connectivity index (χ0v) is 23.1. The number of benzene rings is 6. The van der Waals surface area contributed by atoms with E-state index in [1.807, 2.05) is 45.3 Å². The van der Waals surface area contributed by atoms with E-state index < -0.39 is 0 Å². The first-order valence-corrected chi connectivity index (χ1v) is 16.0. The normalized spacial score (nSPS) is 12.7. The summed E-state index contributed by atoms with van der Waals surface area (Å²) in [7, 11) is 0. The van der Waals surface area contributed by atoms with Gasteiger partial charge in [-0.05, 0) is 150 Å². The predicted octanol–water partition coefficient (Wildman–Crippen LogP) is 12.3. The van der Waals surface area contributed by atoms with Crippen molar-refractivity contribution in [3.05, 3.63) is 95.7 Å². The van der Waals surface area contributed by atoms with Crippen molar-refractivity contribution in [1.82, 2.24) is 0 Å². The molecule has 10 rings (SSSR count). The van der Waals surface area contributed by atoms with Crippen LogP contribution in [0.5, 0.6) is 0 Å². The van der Waals surface area contributed by atoms with Gasteiger partial charge in [0.1, 0.15) is 0 Å². The van der Waals surface area contributed by atoms with Gasteiger partial charge in [0.2, 0.25) is 0 Å². The van der Waals surface area contributed by atoms with Gasteiger partial charge in [-0.2, -0.15) is 0 Å². The zero-order valence-electron chi connectivity index (χ0n) is 19.9. The highest BCUT2D eigenvalue weighted by atomic mass is 32.1. The van der Waals surface area contributed by atoms with Gasteiger partial charge in [0.05, 0.1) is 9.40 Å². The standard InChI is InChI=1S/C34H16S4/c1-3-35-29-13-23-9-21-11-27-31(15-25(21)7-19(23)5-17(1)29)37-34-28-12-22-10-24-14-30-18(2-4-36-30)6-20(24)8-26(22)16-32(28)38-33(27)34/h1-16H. The van der Waals surface area contributed by atoms with Crippen molar-refractivity contribution in [1.29, 1.82) is 0 Å². The number of thiophene rings is 4. The Morgan fingerprint density at radius 3 is 1.11 bits per heavy atom. The van der Waals surface area contributed by atoms with Crippen molar-refractivity contribution in [2.24, 2.45) is 0 Å². The molecule has 0 bridgehead atoms. The molecule has 176 valence electrons. The molecular weight excluding hydrogens is 537 g/mol. The maximum Gasteiger partial charge on any atom is 0.0542 e. The van der Waals surface area contributed by atoms with Gasteiger partial charge in [0, 0.05) is 29.6 Å². The third kappa shape index (κ3) is 2.73. The molecule has 10 aromatic rings. The largest absolute Gasteiger partial charge is 0.144 e. The topological polar surface area (TPSA) is 0 Å². The smallest absolute Gasteiger partial charge is 0.0542 e. The molecule has 0 saturated heterocycles. The summed E-state index contributed by atoms with van der Waals surface area (Å²) in [5, 5.41) is 20.5. The minimum Gasteiger partial charge on any atom is -0.144 e. The number of hydrogen-bond donors (Lipinski definition) is 0. The van der Waals surface area contributed by atoms with Crippen LogP contribution in [0.25, 0.3) is 92.8 Å². The molecule has 0 unspecified atom stereocenters. The van der Waals surface area contributed by atoms with E-state index in [1.165, 1.54) is 92.8 Å². The molecule has 0 nitrogen and oxygen atoms in total. The van der Waals surface area contributed by atoms with Crippen LogP contribution in [0.1, 0.15) is 0 Å². The lowest BCUT2D eigenvalue weighted by molar-refractivity contribution is 1.90. The van der Waals surface area contributed by atoms with Gasteiger partial charge in [-0.1, -0.05) is 0 Å². The molecular formula is C34H16S4. The Labute approximate surface area is 232 Å². The van der Waals surface area contributed by atoms with E-state index in [0.29, 0.717) is 0 Å². The highest BCUT2D eigenvalue weighted by molar-refractivity contribution is 7.36. The molecule has 0 N–H and O–H groups in total. The number of fused-ring (bicyclic) bond motifs is 11. The summed E-state index contributed by atoms with van der Waals surface area (Å²) in [5.41, 5.74) is 0. The van der Waals surface area contributed by atoms with Crippen molar-refractivity contribution in [2.75, 3.05) is 0 Å². The molecule has 38 heavy (non-hydrogen) atoms. The van der Waals surface area contributed by atoms with Gasteiger partial charge in [-0.3, -0.25) is 0 Å². The van der Waals surface area contributed by atoms with E-state index in [0.717, 1.165) is 0 Å². The molecule has 0 amide bonds. The molecule has 0 atom stereocenters. The molecule has 0 radical (unpaired) electrons.